The predicted molar refractivity (Wildman–Crippen MR) is 70.5 cm³/mol. The second-order valence-electron chi connectivity index (χ2n) is 4.19. The van der Waals surface area contributed by atoms with E-state index < -0.39 is 0 Å². The third-order valence-corrected chi connectivity index (χ3v) is 2.47. The molecule has 0 saturated carbocycles. The van der Waals surface area contributed by atoms with E-state index in [1.165, 1.54) is 10.5 Å². The summed E-state index contributed by atoms with van der Waals surface area (Å²) in [6.45, 7) is 1.77. The molecular formula is C14H21NO3. The molecular weight excluding hydrogens is 230 g/mol. The third kappa shape index (κ3) is 6.37. The van der Waals surface area contributed by atoms with Crippen LogP contribution in [0.3, 0.4) is 0 Å². The number of carbonyl (C=O) groups excluding carboxylic acids is 1. The molecule has 0 aliphatic heterocycles. The molecule has 4 nitrogen and oxygen atoms in total. The van der Waals surface area contributed by atoms with Crippen LogP contribution < -0.4 is 0 Å². The second-order valence-corrected chi connectivity index (χ2v) is 4.19. The number of hydrogen-bond donors (Lipinski definition) is 0. The molecule has 0 fully saturated rings. The summed E-state index contributed by atoms with van der Waals surface area (Å²) in [5.41, 5.74) is 1.27. The van der Waals surface area contributed by atoms with Crippen LogP contribution in [0.25, 0.3) is 0 Å². The van der Waals surface area contributed by atoms with E-state index in [9.17, 15) is 4.79 Å². The molecule has 0 aromatic heterocycles. The summed E-state index contributed by atoms with van der Waals surface area (Å²) in [5.74, 6) is -0.0284. The first kappa shape index (κ1) is 14.7. The summed E-state index contributed by atoms with van der Waals surface area (Å²) in [7, 11) is 3.42. The van der Waals surface area contributed by atoms with Gasteiger partial charge in [-0.1, -0.05) is 30.3 Å². The summed E-state index contributed by atoms with van der Waals surface area (Å²) in [5, 5.41) is 0. The molecule has 100 valence electrons. The lowest BCUT2D eigenvalue weighted by Crippen LogP contribution is -2.26. The summed E-state index contributed by atoms with van der Waals surface area (Å²) >= 11 is 0. The Morgan fingerprint density at radius 2 is 1.72 bits per heavy atom. The number of likely N-dealkylation sites (N-methyl/N-ethyl adjacent to an activating group) is 1. The zero-order chi connectivity index (χ0) is 13.2. The Hall–Kier alpha value is -1.39. The predicted octanol–water partition coefficient (Wildman–Crippen LogP) is 1.35. The van der Waals surface area contributed by atoms with Gasteiger partial charge in [0, 0.05) is 14.1 Å². The Kier molecular flexibility index (Phi) is 7.06. The van der Waals surface area contributed by atoms with Crippen LogP contribution in [0.4, 0.5) is 0 Å². The minimum atomic E-state index is -0.0284. The van der Waals surface area contributed by atoms with Crippen LogP contribution in [0.5, 0.6) is 0 Å². The van der Waals surface area contributed by atoms with Gasteiger partial charge in [0.25, 0.3) is 0 Å². The van der Waals surface area contributed by atoms with E-state index in [1.807, 2.05) is 18.2 Å². The lowest BCUT2D eigenvalue weighted by Gasteiger charge is -2.10. The zero-order valence-electron chi connectivity index (χ0n) is 11.1. The zero-order valence-corrected chi connectivity index (χ0v) is 11.1. The Labute approximate surface area is 108 Å². The molecule has 0 spiro atoms. The molecule has 1 aromatic rings. The van der Waals surface area contributed by atoms with Crippen molar-refractivity contribution < 1.29 is 14.3 Å². The number of nitrogens with zero attached hydrogens (tertiary/aromatic N) is 1. The van der Waals surface area contributed by atoms with Crippen LogP contribution in [0, 0.1) is 0 Å². The van der Waals surface area contributed by atoms with Crippen LogP contribution >= 0.6 is 0 Å². The lowest BCUT2D eigenvalue weighted by atomic mass is 10.2. The highest BCUT2D eigenvalue weighted by molar-refractivity contribution is 5.76. The number of carbonyl (C=O) groups is 1. The topological polar surface area (TPSA) is 38.8 Å². The van der Waals surface area contributed by atoms with Crippen LogP contribution in [0.15, 0.2) is 30.3 Å². The van der Waals surface area contributed by atoms with Gasteiger partial charge in [0.15, 0.2) is 0 Å². The molecule has 0 bridgehead atoms. The molecule has 0 heterocycles. The van der Waals surface area contributed by atoms with Crippen molar-refractivity contribution in [2.24, 2.45) is 0 Å². The highest BCUT2D eigenvalue weighted by Crippen LogP contribution is 1.99. The molecule has 1 rings (SSSR count). The smallest absolute Gasteiger partial charge is 0.248 e. The van der Waals surface area contributed by atoms with E-state index in [0.29, 0.717) is 19.8 Å². The van der Waals surface area contributed by atoms with E-state index in [-0.39, 0.29) is 12.5 Å². The Balaban J connectivity index is 1.95. The van der Waals surface area contributed by atoms with E-state index in [1.54, 1.807) is 14.1 Å². The van der Waals surface area contributed by atoms with Crippen molar-refractivity contribution in [2.75, 3.05) is 40.5 Å². The van der Waals surface area contributed by atoms with E-state index in [0.717, 1.165) is 6.42 Å². The van der Waals surface area contributed by atoms with Gasteiger partial charge in [0.1, 0.15) is 6.61 Å². The maximum absolute atomic E-state index is 11.2. The van der Waals surface area contributed by atoms with Gasteiger partial charge in [-0.2, -0.15) is 0 Å². The monoisotopic (exact) mass is 251 g/mol. The number of rotatable bonds is 8. The minimum absolute atomic E-state index is 0.0284. The summed E-state index contributed by atoms with van der Waals surface area (Å²) < 4.78 is 10.6. The molecule has 0 unspecified atom stereocenters. The molecule has 18 heavy (non-hydrogen) atoms. The van der Waals surface area contributed by atoms with Gasteiger partial charge in [-0.05, 0) is 12.0 Å². The van der Waals surface area contributed by atoms with E-state index in [2.05, 4.69) is 12.1 Å². The van der Waals surface area contributed by atoms with Crippen LogP contribution in [-0.2, 0) is 20.7 Å². The largest absolute Gasteiger partial charge is 0.379 e. The van der Waals surface area contributed by atoms with Crippen molar-refractivity contribution in [3.63, 3.8) is 0 Å². The van der Waals surface area contributed by atoms with Crippen LogP contribution in [0.2, 0.25) is 0 Å². The SMILES string of the molecule is CN(C)C(=O)COCCOCCc1ccccc1. The van der Waals surface area contributed by atoms with Crippen molar-refractivity contribution in [3.8, 4) is 0 Å². The first-order valence-electron chi connectivity index (χ1n) is 6.09. The molecule has 0 radical (unpaired) electrons. The first-order valence-corrected chi connectivity index (χ1v) is 6.09. The number of ether oxygens (including phenoxy) is 2. The van der Waals surface area contributed by atoms with Gasteiger partial charge >= 0.3 is 0 Å². The normalized spacial score (nSPS) is 10.3. The highest BCUT2D eigenvalue weighted by Gasteiger charge is 2.02. The molecule has 0 N–H and O–H groups in total. The second kappa shape index (κ2) is 8.66. The van der Waals surface area contributed by atoms with Crippen LogP contribution in [-0.4, -0.2) is 51.3 Å². The van der Waals surface area contributed by atoms with E-state index in [4.69, 9.17) is 9.47 Å². The quantitative estimate of drug-likeness (QED) is 0.655. The molecule has 0 atom stereocenters. The summed E-state index contributed by atoms with van der Waals surface area (Å²) in [4.78, 5) is 12.7. The number of amides is 1. The molecule has 4 heteroatoms. The van der Waals surface area contributed by atoms with Crippen LogP contribution in [0.1, 0.15) is 5.56 Å². The molecule has 0 saturated heterocycles. The average Bonchev–Trinajstić information content (AvgIpc) is 2.38. The minimum Gasteiger partial charge on any atom is -0.379 e. The van der Waals surface area contributed by atoms with E-state index >= 15 is 0 Å². The molecule has 1 aromatic carbocycles. The average molecular weight is 251 g/mol. The third-order valence-electron chi connectivity index (χ3n) is 2.47. The Bertz CT molecular complexity index is 338. The Morgan fingerprint density at radius 3 is 2.39 bits per heavy atom. The summed E-state index contributed by atoms with van der Waals surface area (Å²) in [6, 6.07) is 10.2. The van der Waals surface area contributed by atoms with Gasteiger partial charge in [0.05, 0.1) is 19.8 Å². The van der Waals surface area contributed by atoms with Crippen molar-refractivity contribution >= 4 is 5.91 Å². The first-order chi connectivity index (χ1) is 8.70. The van der Waals surface area contributed by atoms with Gasteiger partial charge < -0.3 is 14.4 Å². The molecule has 1 amide bonds. The fourth-order valence-electron chi connectivity index (χ4n) is 1.34. The van der Waals surface area contributed by atoms with Crippen molar-refractivity contribution in [1.82, 2.24) is 4.90 Å². The standard InChI is InChI=1S/C14H21NO3/c1-15(2)14(16)12-18-11-10-17-9-8-13-6-4-3-5-7-13/h3-7H,8-12H2,1-2H3. The fraction of sp³-hybridized carbons (Fsp3) is 0.500. The van der Waals surface area contributed by atoms with Gasteiger partial charge in [-0.3, -0.25) is 4.79 Å². The number of benzene rings is 1. The summed E-state index contributed by atoms with van der Waals surface area (Å²) in [6.07, 6.45) is 0.900. The number of hydrogen-bond acceptors (Lipinski definition) is 3. The van der Waals surface area contributed by atoms with Crippen molar-refractivity contribution in [2.45, 2.75) is 6.42 Å². The Morgan fingerprint density at radius 1 is 1.06 bits per heavy atom. The van der Waals surface area contributed by atoms with Gasteiger partial charge in [0.2, 0.25) is 5.91 Å². The van der Waals surface area contributed by atoms with Gasteiger partial charge in [-0.25, -0.2) is 0 Å². The maximum Gasteiger partial charge on any atom is 0.248 e. The molecule has 0 aliphatic rings. The highest BCUT2D eigenvalue weighted by atomic mass is 16.5. The van der Waals surface area contributed by atoms with Crippen molar-refractivity contribution in [1.29, 1.82) is 0 Å². The lowest BCUT2D eigenvalue weighted by molar-refractivity contribution is -0.134. The fourth-order valence-corrected chi connectivity index (χ4v) is 1.34. The van der Waals surface area contributed by atoms with Gasteiger partial charge in [-0.15, -0.1) is 0 Å². The maximum atomic E-state index is 11.2. The van der Waals surface area contributed by atoms with Crippen molar-refractivity contribution in [3.05, 3.63) is 35.9 Å². The molecule has 0 aliphatic carbocycles.